The largest absolute Gasteiger partial charge is 0.357 e. The van der Waals surface area contributed by atoms with Crippen molar-refractivity contribution in [2.45, 2.75) is 18.8 Å². The van der Waals surface area contributed by atoms with Gasteiger partial charge in [-0.3, -0.25) is 19.9 Å². The van der Waals surface area contributed by atoms with Crippen molar-refractivity contribution in [2.24, 2.45) is 0 Å². The topological polar surface area (TPSA) is 116 Å². The van der Waals surface area contributed by atoms with Crippen molar-refractivity contribution in [3.05, 3.63) is 39.9 Å². The van der Waals surface area contributed by atoms with Crippen LogP contribution >= 0.6 is 0 Å². The standard InChI is InChI=1S/C11H13N3O5/c1-2-13-10(15)11(16,17)9(12-13)7-4-3-5-8(6-7)14(18)19/h3-6,9,12,16-17H,2H2,1H3. The highest BCUT2D eigenvalue weighted by Gasteiger charge is 2.52. The van der Waals surface area contributed by atoms with Gasteiger partial charge in [-0.15, -0.1) is 0 Å². The van der Waals surface area contributed by atoms with E-state index in [4.69, 9.17) is 0 Å². The first-order chi connectivity index (χ1) is 8.87. The Bertz CT molecular complexity index is 531. The van der Waals surface area contributed by atoms with E-state index in [1.165, 1.54) is 24.3 Å². The number of rotatable bonds is 3. The Labute approximate surface area is 108 Å². The number of hydrogen-bond acceptors (Lipinski definition) is 6. The summed E-state index contributed by atoms with van der Waals surface area (Å²) in [5.41, 5.74) is 2.69. The number of carbonyl (C=O) groups is 1. The predicted molar refractivity (Wildman–Crippen MR) is 63.5 cm³/mol. The van der Waals surface area contributed by atoms with Crippen LogP contribution in [-0.2, 0) is 4.79 Å². The first-order valence-corrected chi connectivity index (χ1v) is 5.65. The molecule has 1 atom stereocenters. The van der Waals surface area contributed by atoms with E-state index in [-0.39, 0.29) is 17.8 Å². The Kier molecular flexibility index (Phi) is 3.23. The Balaban J connectivity index is 2.39. The zero-order valence-corrected chi connectivity index (χ0v) is 10.1. The quantitative estimate of drug-likeness (QED) is 0.393. The van der Waals surface area contributed by atoms with Crippen LogP contribution in [0.2, 0.25) is 0 Å². The van der Waals surface area contributed by atoms with Gasteiger partial charge in [0.15, 0.2) is 0 Å². The average Bonchev–Trinajstić information content (AvgIpc) is 2.61. The number of carbonyl (C=O) groups excluding carboxylic acids is 1. The van der Waals surface area contributed by atoms with Gasteiger partial charge in [0.1, 0.15) is 6.04 Å². The summed E-state index contributed by atoms with van der Waals surface area (Å²) in [4.78, 5) is 21.8. The lowest BCUT2D eigenvalue weighted by Gasteiger charge is -2.19. The van der Waals surface area contributed by atoms with Gasteiger partial charge in [-0.05, 0) is 12.5 Å². The number of aliphatic hydroxyl groups is 2. The van der Waals surface area contributed by atoms with Crippen LogP contribution in [-0.4, -0.2) is 38.4 Å². The van der Waals surface area contributed by atoms with Crippen LogP contribution in [0.15, 0.2) is 24.3 Å². The number of hydrazine groups is 1. The number of nitro groups is 1. The van der Waals surface area contributed by atoms with E-state index < -0.39 is 22.7 Å². The van der Waals surface area contributed by atoms with Gasteiger partial charge in [-0.1, -0.05) is 12.1 Å². The summed E-state index contributed by atoms with van der Waals surface area (Å²) >= 11 is 0. The lowest BCUT2D eigenvalue weighted by molar-refractivity contribution is -0.385. The number of hydrogen-bond donors (Lipinski definition) is 3. The average molecular weight is 267 g/mol. The first-order valence-electron chi connectivity index (χ1n) is 5.65. The van der Waals surface area contributed by atoms with Crippen LogP contribution in [0.4, 0.5) is 5.69 Å². The lowest BCUT2D eigenvalue weighted by Crippen LogP contribution is -2.42. The third kappa shape index (κ3) is 2.16. The molecule has 1 aliphatic heterocycles. The van der Waals surface area contributed by atoms with Gasteiger partial charge in [0.25, 0.3) is 17.4 Å². The fourth-order valence-electron chi connectivity index (χ4n) is 1.99. The molecule has 102 valence electrons. The molecule has 19 heavy (non-hydrogen) atoms. The molecule has 0 spiro atoms. The second-order valence-electron chi connectivity index (χ2n) is 4.19. The molecule has 0 aromatic heterocycles. The highest BCUT2D eigenvalue weighted by molar-refractivity contribution is 5.86. The molecule has 3 N–H and O–H groups in total. The van der Waals surface area contributed by atoms with Crippen molar-refractivity contribution in [2.75, 3.05) is 6.54 Å². The second kappa shape index (κ2) is 4.57. The molecule has 8 heteroatoms. The summed E-state index contributed by atoms with van der Waals surface area (Å²) in [6, 6.07) is 4.25. The van der Waals surface area contributed by atoms with Gasteiger partial charge in [0.2, 0.25) is 0 Å². The van der Waals surface area contributed by atoms with Gasteiger partial charge in [-0.25, -0.2) is 5.43 Å². The van der Waals surface area contributed by atoms with Gasteiger partial charge >= 0.3 is 0 Å². The Morgan fingerprint density at radius 2 is 2.21 bits per heavy atom. The number of non-ortho nitro benzene ring substituents is 1. The van der Waals surface area contributed by atoms with Gasteiger partial charge in [0.05, 0.1) is 4.92 Å². The zero-order chi connectivity index (χ0) is 14.2. The van der Waals surface area contributed by atoms with Crippen LogP contribution < -0.4 is 5.43 Å². The monoisotopic (exact) mass is 267 g/mol. The van der Waals surface area contributed by atoms with Crippen LogP contribution in [0.5, 0.6) is 0 Å². The SMILES string of the molecule is CCN1NC(c2cccc([N+](=O)[O-])c2)C(O)(O)C1=O. The fraction of sp³-hybridized carbons (Fsp3) is 0.364. The van der Waals surface area contributed by atoms with Gasteiger partial charge in [0, 0.05) is 18.7 Å². The van der Waals surface area contributed by atoms with Crippen LogP contribution in [0.25, 0.3) is 0 Å². The van der Waals surface area contributed by atoms with E-state index >= 15 is 0 Å². The minimum atomic E-state index is -2.62. The normalized spacial score (nSPS) is 21.7. The molecule has 8 nitrogen and oxygen atoms in total. The minimum Gasteiger partial charge on any atom is -0.357 e. The van der Waals surface area contributed by atoms with Crippen molar-refractivity contribution in [3.63, 3.8) is 0 Å². The van der Waals surface area contributed by atoms with E-state index in [0.29, 0.717) is 0 Å². The molecule has 0 saturated carbocycles. The van der Waals surface area contributed by atoms with Crippen molar-refractivity contribution in [3.8, 4) is 0 Å². The number of likely N-dealkylation sites (N-methyl/N-ethyl adjacent to an activating group) is 1. The summed E-state index contributed by atoms with van der Waals surface area (Å²) in [6.07, 6.45) is 0. The third-order valence-electron chi connectivity index (χ3n) is 2.98. The number of benzene rings is 1. The van der Waals surface area contributed by atoms with Gasteiger partial charge < -0.3 is 10.2 Å². The van der Waals surface area contributed by atoms with Crippen molar-refractivity contribution >= 4 is 11.6 Å². The minimum absolute atomic E-state index is 0.183. The predicted octanol–water partition coefficient (Wildman–Crippen LogP) is -0.316. The fourth-order valence-corrected chi connectivity index (χ4v) is 1.99. The molecule has 1 fully saturated rings. The van der Waals surface area contributed by atoms with E-state index in [1.54, 1.807) is 6.92 Å². The number of amides is 1. The zero-order valence-electron chi connectivity index (χ0n) is 10.1. The number of nitrogens with zero attached hydrogens (tertiary/aromatic N) is 2. The molecule has 1 aliphatic rings. The molecule has 0 bridgehead atoms. The smallest absolute Gasteiger partial charge is 0.298 e. The van der Waals surface area contributed by atoms with Crippen LogP contribution in [0, 0.1) is 10.1 Å². The maximum absolute atomic E-state index is 11.7. The molecule has 1 aromatic rings. The lowest BCUT2D eigenvalue weighted by atomic mass is 9.99. The summed E-state index contributed by atoms with van der Waals surface area (Å²) in [6.45, 7) is 1.91. The summed E-state index contributed by atoms with van der Waals surface area (Å²) in [7, 11) is 0. The van der Waals surface area contributed by atoms with E-state index in [0.717, 1.165) is 5.01 Å². The Morgan fingerprint density at radius 1 is 1.53 bits per heavy atom. The molecule has 1 amide bonds. The number of nitro benzene ring substituents is 1. The highest BCUT2D eigenvalue weighted by atomic mass is 16.6. The highest BCUT2D eigenvalue weighted by Crippen LogP contribution is 2.32. The first kappa shape index (κ1) is 13.4. The Morgan fingerprint density at radius 3 is 2.74 bits per heavy atom. The molecule has 1 heterocycles. The Hall–Kier alpha value is -2.03. The van der Waals surface area contributed by atoms with E-state index in [1.807, 2.05) is 0 Å². The summed E-state index contributed by atoms with van der Waals surface area (Å²) < 4.78 is 0. The van der Waals surface area contributed by atoms with Crippen LogP contribution in [0.1, 0.15) is 18.5 Å². The maximum atomic E-state index is 11.7. The second-order valence-corrected chi connectivity index (χ2v) is 4.19. The van der Waals surface area contributed by atoms with Crippen molar-refractivity contribution in [1.82, 2.24) is 10.4 Å². The van der Waals surface area contributed by atoms with Crippen LogP contribution in [0.3, 0.4) is 0 Å². The molecule has 2 rings (SSSR count). The summed E-state index contributed by atoms with van der Waals surface area (Å²) in [5.74, 6) is -3.50. The van der Waals surface area contributed by atoms with Crippen molar-refractivity contribution < 1.29 is 19.9 Å². The molecule has 0 aliphatic carbocycles. The molecular weight excluding hydrogens is 254 g/mol. The molecular formula is C11H13N3O5. The molecule has 1 saturated heterocycles. The van der Waals surface area contributed by atoms with Gasteiger partial charge in [-0.2, -0.15) is 0 Å². The van der Waals surface area contributed by atoms with Crippen molar-refractivity contribution in [1.29, 1.82) is 0 Å². The maximum Gasteiger partial charge on any atom is 0.298 e. The van der Waals surface area contributed by atoms with E-state index in [2.05, 4.69) is 5.43 Å². The summed E-state index contributed by atoms with van der Waals surface area (Å²) in [5, 5.41) is 31.4. The molecule has 1 unspecified atom stereocenters. The number of nitrogens with one attached hydrogen (secondary N) is 1. The van der Waals surface area contributed by atoms with E-state index in [9.17, 15) is 25.1 Å². The third-order valence-corrected chi connectivity index (χ3v) is 2.98. The molecule has 0 radical (unpaired) electrons. The molecule has 1 aromatic carbocycles.